The van der Waals surface area contributed by atoms with Gasteiger partial charge >= 0.3 is 0 Å². The molecule has 3 nitrogen and oxygen atoms in total. The lowest BCUT2D eigenvalue weighted by atomic mass is 9.91. The van der Waals surface area contributed by atoms with E-state index in [0.29, 0.717) is 6.61 Å². The van der Waals surface area contributed by atoms with E-state index in [1.165, 1.54) is 0 Å². The van der Waals surface area contributed by atoms with Crippen molar-refractivity contribution in [3.05, 3.63) is 65.7 Å². The molecular weight excluding hydrogens is 274 g/mol. The van der Waals surface area contributed by atoms with Crippen LogP contribution < -0.4 is 10.5 Å². The minimum atomic E-state index is -0.577. The highest BCUT2D eigenvalue weighted by Gasteiger charge is 2.24. The van der Waals surface area contributed by atoms with Gasteiger partial charge < -0.3 is 15.6 Å². The number of rotatable bonds is 7. The standard InChI is InChI=1S/C19H25NO2/c1-3-14(2)19(21)18(20)16-11-7-8-12-17(16)22-13-15-9-5-4-6-10-15/h4-12,14,18-19,21H,3,13,20H2,1-2H3/t14?,18-,19+/m1/s1. The third-order valence-corrected chi connectivity index (χ3v) is 4.11. The molecule has 3 atom stereocenters. The van der Waals surface area contributed by atoms with E-state index >= 15 is 0 Å². The molecule has 118 valence electrons. The van der Waals surface area contributed by atoms with Crippen LogP contribution in [0.1, 0.15) is 37.4 Å². The highest BCUT2D eigenvalue weighted by Crippen LogP contribution is 2.29. The van der Waals surface area contributed by atoms with Gasteiger partial charge in [0.1, 0.15) is 12.4 Å². The first-order valence-corrected chi connectivity index (χ1v) is 7.82. The summed E-state index contributed by atoms with van der Waals surface area (Å²) in [6.45, 7) is 4.56. The predicted octanol–water partition coefficient (Wildman–Crippen LogP) is 3.67. The second kappa shape index (κ2) is 7.97. The second-order valence-electron chi connectivity index (χ2n) is 5.71. The van der Waals surface area contributed by atoms with Crippen molar-refractivity contribution in [1.82, 2.24) is 0 Å². The van der Waals surface area contributed by atoms with Crippen LogP contribution in [-0.4, -0.2) is 11.2 Å². The maximum atomic E-state index is 10.4. The Labute approximate surface area is 132 Å². The van der Waals surface area contributed by atoms with Crippen LogP contribution in [0, 0.1) is 5.92 Å². The molecule has 2 rings (SSSR count). The zero-order valence-electron chi connectivity index (χ0n) is 13.3. The first kappa shape index (κ1) is 16.5. The van der Waals surface area contributed by atoms with E-state index in [9.17, 15) is 5.11 Å². The topological polar surface area (TPSA) is 55.5 Å². The highest BCUT2D eigenvalue weighted by molar-refractivity contribution is 5.36. The van der Waals surface area contributed by atoms with Crippen molar-refractivity contribution in [2.45, 2.75) is 39.0 Å². The Balaban J connectivity index is 2.12. The molecule has 0 aromatic heterocycles. The van der Waals surface area contributed by atoms with Gasteiger partial charge in [-0.2, -0.15) is 0 Å². The maximum Gasteiger partial charge on any atom is 0.124 e. The van der Waals surface area contributed by atoms with E-state index < -0.39 is 12.1 Å². The molecule has 0 saturated carbocycles. The zero-order valence-corrected chi connectivity index (χ0v) is 13.3. The van der Waals surface area contributed by atoms with Crippen LogP contribution in [0.5, 0.6) is 5.75 Å². The Kier molecular flexibility index (Phi) is 5.99. The Bertz CT molecular complexity index is 571. The van der Waals surface area contributed by atoms with Crippen LogP contribution >= 0.6 is 0 Å². The van der Waals surface area contributed by atoms with Crippen molar-refractivity contribution in [2.24, 2.45) is 11.7 Å². The van der Waals surface area contributed by atoms with Crippen molar-refractivity contribution in [2.75, 3.05) is 0 Å². The summed E-state index contributed by atoms with van der Waals surface area (Å²) >= 11 is 0. The number of benzene rings is 2. The number of para-hydroxylation sites is 1. The molecule has 22 heavy (non-hydrogen) atoms. The molecule has 0 radical (unpaired) electrons. The van der Waals surface area contributed by atoms with Gasteiger partial charge in [-0.3, -0.25) is 0 Å². The molecule has 0 fully saturated rings. The molecular formula is C19H25NO2. The molecule has 2 aromatic carbocycles. The van der Waals surface area contributed by atoms with Gasteiger partial charge in [-0.1, -0.05) is 68.8 Å². The van der Waals surface area contributed by atoms with Gasteiger partial charge in [0.05, 0.1) is 12.1 Å². The number of aliphatic hydroxyl groups excluding tert-OH is 1. The van der Waals surface area contributed by atoms with Gasteiger partial charge in [-0.15, -0.1) is 0 Å². The minimum absolute atomic E-state index is 0.150. The van der Waals surface area contributed by atoms with E-state index in [-0.39, 0.29) is 5.92 Å². The smallest absolute Gasteiger partial charge is 0.124 e. The second-order valence-corrected chi connectivity index (χ2v) is 5.71. The van der Waals surface area contributed by atoms with Crippen molar-refractivity contribution in [1.29, 1.82) is 0 Å². The van der Waals surface area contributed by atoms with Crippen LogP contribution in [0.4, 0.5) is 0 Å². The quantitative estimate of drug-likeness (QED) is 0.820. The molecule has 0 amide bonds. The Hall–Kier alpha value is -1.84. The van der Waals surface area contributed by atoms with E-state index in [1.54, 1.807) is 0 Å². The first-order valence-electron chi connectivity index (χ1n) is 7.82. The lowest BCUT2D eigenvalue weighted by Crippen LogP contribution is -2.31. The number of nitrogens with two attached hydrogens (primary N) is 1. The lowest BCUT2D eigenvalue weighted by molar-refractivity contribution is 0.0866. The third-order valence-electron chi connectivity index (χ3n) is 4.11. The van der Waals surface area contributed by atoms with Gasteiger partial charge in [0.25, 0.3) is 0 Å². The molecule has 1 unspecified atom stereocenters. The van der Waals surface area contributed by atoms with Gasteiger partial charge in [0, 0.05) is 5.56 Å². The summed E-state index contributed by atoms with van der Waals surface area (Å²) in [6, 6.07) is 17.2. The van der Waals surface area contributed by atoms with E-state index in [1.807, 2.05) is 61.5 Å². The fourth-order valence-corrected chi connectivity index (χ4v) is 2.40. The van der Waals surface area contributed by atoms with E-state index in [4.69, 9.17) is 10.5 Å². The summed E-state index contributed by atoms with van der Waals surface area (Å²) in [4.78, 5) is 0. The largest absolute Gasteiger partial charge is 0.489 e. The molecule has 0 aliphatic rings. The molecule has 3 N–H and O–H groups in total. The summed E-state index contributed by atoms with van der Waals surface area (Å²) < 4.78 is 5.92. The number of aliphatic hydroxyl groups is 1. The number of hydrogen-bond donors (Lipinski definition) is 2. The van der Waals surface area contributed by atoms with Crippen LogP contribution in [-0.2, 0) is 6.61 Å². The number of ether oxygens (including phenoxy) is 1. The summed E-state index contributed by atoms with van der Waals surface area (Å²) in [5.74, 6) is 0.887. The van der Waals surface area contributed by atoms with Crippen LogP contribution in [0.3, 0.4) is 0 Å². The highest BCUT2D eigenvalue weighted by atomic mass is 16.5. The number of hydrogen-bond acceptors (Lipinski definition) is 3. The van der Waals surface area contributed by atoms with Crippen molar-refractivity contribution < 1.29 is 9.84 Å². The molecule has 2 aromatic rings. The molecule has 0 bridgehead atoms. The normalized spacial score (nSPS) is 15.1. The fraction of sp³-hybridized carbons (Fsp3) is 0.368. The van der Waals surface area contributed by atoms with E-state index in [0.717, 1.165) is 23.3 Å². The molecule has 0 saturated heterocycles. The minimum Gasteiger partial charge on any atom is -0.489 e. The first-order chi connectivity index (χ1) is 10.6. The summed E-state index contributed by atoms with van der Waals surface area (Å²) in [5.41, 5.74) is 8.21. The monoisotopic (exact) mass is 299 g/mol. The molecule has 0 spiro atoms. The third kappa shape index (κ3) is 4.09. The molecule has 0 aliphatic carbocycles. The Morgan fingerprint density at radius 3 is 2.36 bits per heavy atom. The average Bonchev–Trinajstić information content (AvgIpc) is 2.59. The van der Waals surface area contributed by atoms with Crippen LogP contribution in [0.15, 0.2) is 54.6 Å². The Morgan fingerprint density at radius 2 is 1.68 bits per heavy atom. The predicted molar refractivity (Wildman–Crippen MR) is 89.6 cm³/mol. The van der Waals surface area contributed by atoms with Gasteiger partial charge in [-0.05, 0) is 17.5 Å². The SMILES string of the molecule is CCC(C)[C@H](O)[C@H](N)c1ccccc1OCc1ccccc1. The van der Waals surface area contributed by atoms with Crippen molar-refractivity contribution >= 4 is 0 Å². The molecule has 3 heteroatoms. The van der Waals surface area contributed by atoms with Crippen LogP contribution in [0.2, 0.25) is 0 Å². The lowest BCUT2D eigenvalue weighted by Gasteiger charge is -2.25. The van der Waals surface area contributed by atoms with E-state index in [2.05, 4.69) is 6.92 Å². The zero-order chi connectivity index (χ0) is 15.9. The molecule has 0 aliphatic heterocycles. The van der Waals surface area contributed by atoms with Gasteiger partial charge in [-0.25, -0.2) is 0 Å². The van der Waals surface area contributed by atoms with Gasteiger partial charge in [0.2, 0.25) is 0 Å². The Morgan fingerprint density at radius 1 is 1.05 bits per heavy atom. The fourth-order valence-electron chi connectivity index (χ4n) is 2.40. The maximum absolute atomic E-state index is 10.4. The van der Waals surface area contributed by atoms with Crippen molar-refractivity contribution in [3.8, 4) is 5.75 Å². The van der Waals surface area contributed by atoms with Gasteiger partial charge in [0.15, 0.2) is 0 Å². The molecule has 0 heterocycles. The summed E-state index contributed by atoms with van der Waals surface area (Å²) in [7, 11) is 0. The average molecular weight is 299 g/mol. The van der Waals surface area contributed by atoms with Crippen molar-refractivity contribution in [3.63, 3.8) is 0 Å². The summed E-state index contributed by atoms with van der Waals surface area (Å²) in [5, 5.41) is 10.4. The summed E-state index contributed by atoms with van der Waals surface area (Å²) in [6.07, 6.45) is 0.313. The van der Waals surface area contributed by atoms with Crippen LogP contribution in [0.25, 0.3) is 0 Å².